The van der Waals surface area contributed by atoms with Crippen molar-refractivity contribution < 1.29 is 4.79 Å². The number of halogens is 1. The molecule has 0 saturated heterocycles. The summed E-state index contributed by atoms with van der Waals surface area (Å²) in [7, 11) is 2.09. The fourth-order valence-electron chi connectivity index (χ4n) is 3.40. The third-order valence-corrected chi connectivity index (χ3v) is 4.99. The van der Waals surface area contributed by atoms with Crippen molar-refractivity contribution in [2.24, 2.45) is 0 Å². The molecule has 1 unspecified atom stereocenters. The predicted molar refractivity (Wildman–Crippen MR) is 108 cm³/mol. The number of carbonyl (C=O) groups excluding carboxylic acids is 1. The van der Waals surface area contributed by atoms with Crippen molar-refractivity contribution in [3.8, 4) is 0 Å². The molecule has 2 amide bonds. The van der Waals surface area contributed by atoms with Gasteiger partial charge in [-0.1, -0.05) is 30.7 Å². The first kappa shape index (κ1) is 18.5. The minimum atomic E-state index is -0.179. The van der Waals surface area contributed by atoms with Gasteiger partial charge in [0, 0.05) is 41.9 Å². The number of fused-ring (bicyclic) bond motifs is 1. The van der Waals surface area contributed by atoms with E-state index in [2.05, 4.69) is 34.7 Å². The lowest BCUT2D eigenvalue weighted by Crippen LogP contribution is -2.31. The third-order valence-electron chi connectivity index (χ3n) is 4.66. The zero-order chi connectivity index (χ0) is 18.7. The highest BCUT2D eigenvalue weighted by Crippen LogP contribution is 2.38. The molecule has 2 aromatic rings. The van der Waals surface area contributed by atoms with Crippen molar-refractivity contribution in [1.29, 1.82) is 0 Å². The number of carbonyl (C=O) groups is 1. The van der Waals surface area contributed by atoms with Gasteiger partial charge in [-0.25, -0.2) is 4.79 Å². The summed E-state index contributed by atoms with van der Waals surface area (Å²) < 4.78 is 0. The molecule has 0 radical (unpaired) electrons. The highest BCUT2D eigenvalue weighted by atomic mass is 35.5. The van der Waals surface area contributed by atoms with Gasteiger partial charge in [-0.15, -0.1) is 0 Å². The molecule has 0 aliphatic carbocycles. The van der Waals surface area contributed by atoms with Crippen LogP contribution in [0.3, 0.4) is 0 Å². The van der Waals surface area contributed by atoms with Crippen LogP contribution in [-0.2, 0) is 6.54 Å². The van der Waals surface area contributed by atoms with Crippen molar-refractivity contribution in [1.82, 2.24) is 10.2 Å². The first-order chi connectivity index (χ1) is 12.5. The van der Waals surface area contributed by atoms with E-state index >= 15 is 0 Å². The second-order valence-corrected chi connectivity index (χ2v) is 7.23. The molecule has 138 valence electrons. The summed E-state index contributed by atoms with van der Waals surface area (Å²) in [5, 5.41) is 6.38. The van der Waals surface area contributed by atoms with Gasteiger partial charge in [0.05, 0.1) is 0 Å². The van der Waals surface area contributed by atoms with E-state index in [1.165, 1.54) is 11.1 Å². The zero-order valence-electron chi connectivity index (χ0n) is 15.2. The van der Waals surface area contributed by atoms with Crippen LogP contribution in [0.5, 0.6) is 0 Å². The number of rotatable bonds is 4. The van der Waals surface area contributed by atoms with Crippen LogP contribution in [0.4, 0.5) is 16.2 Å². The number of hydrogen-bond donors (Lipinski definition) is 3. The van der Waals surface area contributed by atoms with Crippen molar-refractivity contribution in [3.05, 3.63) is 58.1 Å². The van der Waals surface area contributed by atoms with E-state index in [0.717, 1.165) is 35.8 Å². The summed E-state index contributed by atoms with van der Waals surface area (Å²) in [6.07, 6.45) is 0.909. The van der Waals surface area contributed by atoms with Crippen molar-refractivity contribution in [3.63, 3.8) is 0 Å². The quantitative estimate of drug-likeness (QED) is 0.709. The molecule has 1 aliphatic rings. The van der Waals surface area contributed by atoms with Gasteiger partial charge in [0.2, 0.25) is 0 Å². The lowest BCUT2D eigenvalue weighted by Gasteiger charge is -2.33. The van der Waals surface area contributed by atoms with E-state index in [1.807, 2.05) is 31.2 Å². The molecular formula is C20H25ClN4O. The molecule has 4 N–H and O–H groups in total. The van der Waals surface area contributed by atoms with Gasteiger partial charge in [-0.3, -0.25) is 0 Å². The van der Waals surface area contributed by atoms with Gasteiger partial charge in [0.1, 0.15) is 0 Å². The Morgan fingerprint density at radius 1 is 1.31 bits per heavy atom. The van der Waals surface area contributed by atoms with E-state index in [4.69, 9.17) is 17.3 Å². The average molecular weight is 373 g/mol. The summed E-state index contributed by atoms with van der Waals surface area (Å²) >= 11 is 6.43. The summed E-state index contributed by atoms with van der Waals surface area (Å²) in [6, 6.07) is 11.6. The van der Waals surface area contributed by atoms with Gasteiger partial charge in [0.15, 0.2) is 0 Å². The summed E-state index contributed by atoms with van der Waals surface area (Å²) in [4.78, 5) is 14.0. The van der Waals surface area contributed by atoms with Crippen LogP contribution in [0.25, 0.3) is 0 Å². The van der Waals surface area contributed by atoms with Crippen LogP contribution >= 0.6 is 11.6 Å². The Morgan fingerprint density at radius 2 is 2.04 bits per heavy atom. The number of nitrogens with one attached hydrogen (secondary N) is 2. The number of amides is 2. The SMILES string of the molecule is CCCNC(=O)Nc1ccc(C2CN(C)Cc3c(Cl)cc(N)cc32)cc1. The van der Waals surface area contributed by atoms with E-state index in [-0.39, 0.29) is 11.9 Å². The Hall–Kier alpha value is -2.24. The summed E-state index contributed by atoms with van der Waals surface area (Å²) in [6.45, 7) is 4.41. The third kappa shape index (κ3) is 4.11. The van der Waals surface area contributed by atoms with E-state index in [0.29, 0.717) is 12.2 Å². The number of urea groups is 1. The Balaban J connectivity index is 1.83. The Bertz CT molecular complexity index is 791. The molecule has 2 aromatic carbocycles. The smallest absolute Gasteiger partial charge is 0.319 e. The normalized spacial score (nSPS) is 16.8. The average Bonchev–Trinajstić information content (AvgIpc) is 2.61. The van der Waals surface area contributed by atoms with Crippen LogP contribution < -0.4 is 16.4 Å². The molecule has 0 fully saturated rings. The Kier molecular flexibility index (Phi) is 5.69. The van der Waals surface area contributed by atoms with Crippen LogP contribution in [0.15, 0.2) is 36.4 Å². The van der Waals surface area contributed by atoms with Crippen molar-refractivity contribution in [2.75, 3.05) is 31.2 Å². The maximum Gasteiger partial charge on any atom is 0.319 e. The van der Waals surface area contributed by atoms with Gasteiger partial charge < -0.3 is 21.3 Å². The molecule has 1 aliphatic heterocycles. The van der Waals surface area contributed by atoms with Gasteiger partial charge in [-0.2, -0.15) is 0 Å². The number of hydrogen-bond acceptors (Lipinski definition) is 3. The minimum Gasteiger partial charge on any atom is -0.399 e. The molecule has 0 spiro atoms. The number of likely N-dealkylation sites (N-methyl/N-ethyl adjacent to an activating group) is 1. The maximum absolute atomic E-state index is 11.8. The number of nitrogens with two attached hydrogens (primary N) is 1. The highest BCUT2D eigenvalue weighted by molar-refractivity contribution is 6.31. The molecule has 1 heterocycles. The molecule has 3 rings (SSSR count). The van der Waals surface area contributed by atoms with Gasteiger partial charge >= 0.3 is 6.03 Å². The first-order valence-corrected chi connectivity index (χ1v) is 9.27. The molecule has 6 heteroatoms. The zero-order valence-corrected chi connectivity index (χ0v) is 15.9. The summed E-state index contributed by atoms with van der Waals surface area (Å²) in [5.41, 5.74) is 11.0. The molecule has 5 nitrogen and oxygen atoms in total. The van der Waals surface area contributed by atoms with Crippen LogP contribution in [0.1, 0.15) is 36.0 Å². The van der Waals surface area contributed by atoms with Crippen LogP contribution in [0, 0.1) is 0 Å². The van der Waals surface area contributed by atoms with Crippen LogP contribution in [0.2, 0.25) is 5.02 Å². The topological polar surface area (TPSA) is 70.4 Å². The predicted octanol–water partition coefficient (Wildman–Crippen LogP) is 4.03. The van der Waals surface area contributed by atoms with E-state index < -0.39 is 0 Å². The van der Waals surface area contributed by atoms with Crippen LogP contribution in [-0.4, -0.2) is 31.1 Å². The Morgan fingerprint density at radius 3 is 2.73 bits per heavy atom. The second kappa shape index (κ2) is 7.98. The monoisotopic (exact) mass is 372 g/mol. The van der Waals surface area contributed by atoms with E-state index in [9.17, 15) is 4.79 Å². The van der Waals surface area contributed by atoms with Gasteiger partial charge in [0.25, 0.3) is 0 Å². The number of nitrogen functional groups attached to an aromatic ring is 1. The molecule has 1 atom stereocenters. The molecule has 0 bridgehead atoms. The number of anilines is 2. The molecular weight excluding hydrogens is 348 g/mol. The standard InChI is InChI=1S/C20H25ClN4O/c1-3-8-23-20(26)24-15-6-4-13(5-7-15)17-11-25(2)12-18-16(17)9-14(22)10-19(18)21/h4-7,9-10,17H,3,8,11-12,22H2,1-2H3,(H2,23,24,26). The molecule has 26 heavy (non-hydrogen) atoms. The molecule has 0 saturated carbocycles. The van der Waals surface area contributed by atoms with Gasteiger partial charge in [-0.05, 0) is 54.4 Å². The highest BCUT2D eigenvalue weighted by Gasteiger charge is 2.26. The Labute approximate surface area is 159 Å². The fraction of sp³-hybridized carbons (Fsp3) is 0.350. The number of nitrogens with zero attached hydrogens (tertiary/aromatic N) is 1. The number of benzene rings is 2. The second-order valence-electron chi connectivity index (χ2n) is 6.82. The lowest BCUT2D eigenvalue weighted by molar-refractivity contribution is 0.252. The largest absolute Gasteiger partial charge is 0.399 e. The fourth-order valence-corrected chi connectivity index (χ4v) is 3.69. The van der Waals surface area contributed by atoms with Crippen molar-refractivity contribution >= 4 is 29.0 Å². The van der Waals surface area contributed by atoms with Crippen molar-refractivity contribution in [2.45, 2.75) is 25.8 Å². The maximum atomic E-state index is 11.8. The lowest BCUT2D eigenvalue weighted by atomic mass is 9.84. The molecule has 0 aromatic heterocycles. The van der Waals surface area contributed by atoms with E-state index in [1.54, 1.807) is 0 Å². The first-order valence-electron chi connectivity index (χ1n) is 8.89. The summed E-state index contributed by atoms with van der Waals surface area (Å²) in [5.74, 6) is 0.202. The minimum absolute atomic E-state index is 0.179.